The number of carbonyl (C=O) groups excluding carboxylic acids is 3. The maximum absolute atomic E-state index is 12.6. The highest BCUT2D eigenvalue weighted by Crippen LogP contribution is 2.30. The molecule has 0 spiro atoms. The highest BCUT2D eigenvalue weighted by Gasteiger charge is 2.47. The van der Waals surface area contributed by atoms with E-state index >= 15 is 0 Å². The monoisotopic (exact) mass is 399 g/mol. The first-order valence-electron chi connectivity index (χ1n) is 9.18. The van der Waals surface area contributed by atoms with Gasteiger partial charge in [0.25, 0.3) is 5.91 Å². The van der Waals surface area contributed by atoms with Crippen LogP contribution in [-0.2, 0) is 15.8 Å². The maximum Gasteiger partial charge on any atom is 0.416 e. The molecule has 154 valence electrons. The van der Waals surface area contributed by atoms with Crippen LogP contribution in [0.4, 0.5) is 23.7 Å². The van der Waals surface area contributed by atoms with Crippen LogP contribution < -0.4 is 10.6 Å². The number of amides is 4. The Morgan fingerprint density at radius 2 is 1.79 bits per heavy atom. The van der Waals surface area contributed by atoms with Gasteiger partial charge < -0.3 is 10.6 Å². The number of anilines is 1. The third-order valence-electron chi connectivity index (χ3n) is 4.67. The minimum absolute atomic E-state index is 0.146. The van der Waals surface area contributed by atoms with E-state index in [1.54, 1.807) is 6.92 Å². The van der Waals surface area contributed by atoms with Gasteiger partial charge in [0, 0.05) is 5.69 Å². The van der Waals surface area contributed by atoms with Gasteiger partial charge in [-0.15, -0.1) is 0 Å². The lowest BCUT2D eigenvalue weighted by Crippen LogP contribution is -2.44. The first-order chi connectivity index (χ1) is 13.1. The molecule has 6 nitrogen and oxygen atoms in total. The molecule has 9 heteroatoms. The lowest BCUT2D eigenvalue weighted by molar-refractivity contribution is -0.137. The van der Waals surface area contributed by atoms with Gasteiger partial charge in [-0.25, -0.2) is 4.79 Å². The molecular formula is C19H24F3N3O3. The van der Waals surface area contributed by atoms with Crippen LogP contribution in [0.25, 0.3) is 0 Å². The molecule has 1 unspecified atom stereocenters. The number of halogens is 3. The first kappa shape index (κ1) is 21.7. The lowest BCUT2D eigenvalue weighted by atomic mass is 9.94. The summed E-state index contributed by atoms with van der Waals surface area (Å²) in [7, 11) is 0. The molecule has 2 rings (SSSR count). The van der Waals surface area contributed by atoms with Crippen LogP contribution in [0.1, 0.15) is 51.5 Å². The van der Waals surface area contributed by atoms with Crippen LogP contribution >= 0.6 is 0 Å². The van der Waals surface area contributed by atoms with Crippen LogP contribution in [0, 0.1) is 0 Å². The fourth-order valence-corrected chi connectivity index (χ4v) is 3.05. The predicted molar refractivity (Wildman–Crippen MR) is 97.5 cm³/mol. The van der Waals surface area contributed by atoms with Crippen molar-refractivity contribution in [2.75, 3.05) is 11.9 Å². The minimum Gasteiger partial charge on any atom is -0.325 e. The highest BCUT2D eigenvalue weighted by atomic mass is 19.4. The second kappa shape index (κ2) is 8.62. The van der Waals surface area contributed by atoms with E-state index in [1.165, 1.54) is 0 Å². The zero-order valence-electron chi connectivity index (χ0n) is 15.9. The Morgan fingerprint density at radius 1 is 1.14 bits per heavy atom. The van der Waals surface area contributed by atoms with Gasteiger partial charge in [0.2, 0.25) is 5.91 Å². The molecule has 4 amide bonds. The molecule has 0 saturated carbocycles. The third-order valence-corrected chi connectivity index (χ3v) is 4.67. The van der Waals surface area contributed by atoms with Crippen LogP contribution in [0.15, 0.2) is 24.3 Å². The Morgan fingerprint density at radius 3 is 2.36 bits per heavy atom. The summed E-state index contributed by atoms with van der Waals surface area (Å²) >= 11 is 0. The number of nitrogens with one attached hydrogen (secondary N) is 2. The zero-order valence-corrected chi connectivity index (χ0v) is 15.9. The van der Waals surface area contributed by atoms with Gasteiger partial charge in [-0.1, -0.05) is 32.6 Å². The third kappa shape index (κ3) is 5.24. The predicted octanol–water partition coefficient (Wildman–Crippen LogP) is 3.92. The quantitative estimate of drug-likeness (QED) is 0.514. The average molecular weight is 399 g/mol. The summed E-state index contributed by atoms with van der Waals surface area (Å²) in [5.74, 6) is -1.14. The lowest BCUT2D eigenvalue weighted by Gasteiger charge is -2.21. The molecule has 2 N–H and O–H groups in total. The molecule has 1 aromatic rings. The summed E-state index contributed by atoms with van der Waals surface area (Å²) in [5, 5.41) is 5.03. The van der Waals surface area contributed by atoms with Crippen molar-refractivity contribution in [2.45, 2.75) is 57.7 Å². The van der Waals surface area contributed by atoms with Gasteiger partial charge >= 0.3 is 12.2 Å². The molecule has 0 bridgehead atoms. The van der Waals surface area contributed by atoms with Crippen molar-refractivity contribution in [3.8, 4) is 0 Å². The van der Waals surface area contributed by atoms with E-state index in [0.29, 0.717) is 6.42 Å². The van der Waals surface area contributed by atoms with E-state index < -0.39 is 41.7 Å². The van der Waals surface area contributed by atoms with Crippen molar-refractivity contribution < 1.29 is 27.6 Å². The molecule has 1 saturated heterocycles. The fraction of sp³-hybridized carbons (Fsp3) is 0.526. The van der Waals surface area contributed by atoms with E-state index in [2.05, 4.69) is 17.6 Å². The maximum atomic E-state index is 12.6. The number of alkyl halides is 3. The van der Waals surface area contributed by atoms with Crippen molar-refractivity contribution in [2.24, 2.45) is 0 Å². The summed E-state index contributed by atoms with van der Waals surface area (Å²) in [5.41, 5.74) is -1.73. The number of unbranched alkanes of at least 4 members (excludes halogenated alkanes) is 3. The SMILES string of the molecule is CCCCCCC1(C)NC(=O)N(CC(=O)Nc2ccc(C(F)(F)F)cc2)C1=O. The normalized spacial score (nSPS) is 19.7. The molecule has 1 aliphatic rings. The Bertz CT molecular complexity index is 734. The largest absolute Gasteiger partial charge is 0.416 e. The van der Waals surface area contributed by atoms with Gasteiger partial charge in [0.15, 0.2) is 0 Å². The fourth-order valence-electron chi connectivity index (χ4n) is 3.05. The molecule has 28 heavy (non-hydrogen) atoms. The molecular weight excluding hydrogens is 375 g/mol. The molecule has 1 fully saturated rings. The Kier molecular flexibility index (Phi) is 6.69. The molecule has 1 aromatic carbocycles. The summed E-state index contributed by atoms with van der Waals surface area (Å²) in [4.78, 5) is 37.7. The molecule has 0 aromatic heterocycles. The van der Waals surface area contributed by atoms with Gasteiger partial charge in [-0.3, -0.25) is 14.5 Å². The highest BCUT2D eigenvalue weighted by molar-refractivity contribution is 6.09. The van der Waals surface area contributed by atoms with Crippen LogP contribution in [0.2, 0.25) is 0 Å². The van der Waals surface area contributed by atoms with Gasteiger partial charge in [-0.05, 0) is 37.6 Å². The van der Waals surface area contributed by atoms with E-state index in [1.807, 2.05) is 0 Å². The van der Waals surface area contributed by atoms with Crippen molar-refractivity contribution >= 4 is 23.5 Å². The number of carbonyl (C=O) groups is 3. The Labute approximate surface area is 161 Å². The summed E-state index contributed by atoms with van der Waals surface area (Å²) in [6, 6.07) is 3.27. The van der Waals surface area contributed by atoms with Crippen molar-refractivity contribution in [1.29, 1.82) is 0 Å². The Balaban J connectivity index is 1.94. The molecule has 1 heterocycles. The van der Waals surface area contributed by atoms with E-state index in [0.717, 1.165) is 54.8 Å². The number of benzene rings is 1. The van der Waals surface area contributed by atoms with Gasteiger partial charge in [0.05, 0.1) is 5.56 Å². The van der Waals surface area contributed by atoms with Crippen molar-refractivity contribution in [3.05, 3.63) is 29.8 Å². The van der Waals surface area contributed by atoms with Crippen LogP contribution in [0.5, 0.6) is 0 Å². The van der Waals surface area contributed by atoms with E-state index in [-0.39, 0.29) is 5.69 Å². The minimum atomic E-state index is -4.47. The number of imide groups is 1. The number of rotatable bonds is 8. The van der Waals surface area contributed by atoms with E-state index in [9.17, 15) is 27.6 Å². The van der Waals surface area contributed by atoms with Gasteiger partial charge in [-0.2, -0.15) is 13.2 Å². The number of hydrogen-bond acceptors (Lipinski definition) is 3. The van der Waals surface area contributed by atoms with Crippen molar-refractivity contribution in [3.63, 3.8) is 0 Å². The van der Waals surface area contributed by atoms with Gasteiger partial charge in [0.1, 0.15) is 12.1 Å². The second-order valence-electron chi connectivity index (χ2n) is 7.09. The second-order valence-corrected chi connectivity index (χ2v) is 7.09. The summed E-state index contributed by atoms with van der Waals surface area (Å²) < 4.78 is 37.7. The average Bonchev–Trinajstić information content (AvgIpc) is 2.82. The zero-order chi connectivity index (χ0) is 20.9. The summed E-state index contributed by atoms with van der Waals surface area (Å²) in [6.07, 6.45) is -0.172. The number of urea groups is 1. The molecule has 0 radical (unpaired) electrons. The number of nitrogens with zero attached hydrogens (tertiary/aromatic N) is 1. The van der Waals surface area contributed by atoms with Crippen molar-refractivity contribution in [1.82, 2.24) is 10.2 Å². The molecule has 1 aliphatic heterocycles. The summed E-state index contributed by atoms with van der Waals surface area (Å²) in [6.45, 7) is 3.20. The first-order valence-corrected chi connectivity index (χ1v) is 9.18. The topological polar surface area (TPSA) is 78.5 Å². The van der Waals surface area contributed by atoms with Crippen LogP contribution in [0.3, 0.4) is 0 Å². The smallest absolute Gasteiger partial charge is 0.325 e. The van der Waals surface area contributed by atoms with Crippen LogP contribution in [-0.4, -0.2) is 34.8 Å². The molecule has 1 atom stereocenters. The molecule has 0 aliphatic carbocycles. The number of hydrogen-bond donors (Lipinski definition) is 2. The standard InChI is InChI=1S/C19H24F3N3O3/c1-3-4-5-6-11-18(2)16(27)25(17(28)24-18)12-15(26)23-14-9-7-13(8-10-14)19(20,21)22/h7-10H,3-6,11-12H2,1-2H3,(H,23,26)(H,24,28). The van der Waals surface area contributed by atoms with E-state index in [4.69, 9.17) is 0 Å². The Hall–Kier alpha value is -2.58.